The minimum Gasteiger partial charge on any atom is -0.309 e. The molecule has 0 radical (unpaired) electrons. The minimum atomic E-state index is -0.123. The number of aromatic amines is 1. The van der Waals surface area contributed by atoms with Gasteiger partial charge in [-0.05, 0) is 25.5 Å². The summed E-state index contributed by atoms with van der Waals surface area (Å²) < 4.78 is 1.72. The summed E-state index contributed by atoms with van der Waals surface area (Å²) in [6.07, 6.45) is 0. The number of aromatic nitrogens is 6. The average Bonchev–Trinajstić information content (AvgIpc) is 3.31. The normalized spacial score (nSPS) is 11.5. The summed E-state index contributed by atoms with van der Waals surface area (Å²) >= 11 is 2.90. The van der Waals surface area contributed by atoms with Gasteiger partial charge in [0, 0.05) is 22.3 Å². The Balaban J connectivity index is 1.44. The predicted molar refractivity (Wildman–Crippen MR) is 115 cm³/mol. The van der Waals surface area contributed by atoms with Gasteiger partial charge in [-0.25, -0.2) is 14.5 Å². The molecule has 0 fully saturated rings. The SMILES string of the molecule is Cc1cc(C)n2nc(SCc3nc4scc(-c5ccccc5)c4c(=O)[nH]3)nc2n1. The molecule has 9 heteroatoms. The first-order valence-electron chi connectivity index (χ1n) is 8.98. The molecule has 0 unspecified atom stereocenters. The first-order chi connectivity index (χ1) is 14.1. The Labute approximate surface area is 173 Å². The van der Waals surface area contributed by atoms with Gasteiger partial charge in [0.2, 0.25) is 5.16 Å². The molecule has 1 aromatic carbocycles. The van der Waals surface area contributed by atoms with Crippen molar-refractivity contribution in [1.29, 1.82) is 0 Å². The molecule has 0 bridgehead atoms. The number of hydrogen-bond acceptors (Lipinski definition) is 7. The molecule has 29 heavy (non-hydrogen) atoms. The van der Waals surface area contributed by atoms with Crippen LogP contribution in [0.25, 0.3) is 27.1 Å². The number of nitrogens with zero attached hydrogens (tertiary/aromatic N) is 5. The fraction of sp³-hybridized carbons (Fsp3) is 0.150. The minimum absolute atomic E-state index is 0.123. The molecule has 5 aromatic rings. The van der Waals surface area contributed by atoms with Gasteiger partial charge in [0.1, 0.15) is 10.7 Å². The van der Waals surface area contributed by atoms with Gasteiger partial charge in [0.25, 0.3) is 11.3 Å². The van der Waals surface area contributed by atoms with Gasteiger partial charge in [0.05, 0.1) is 11.1 Å². The van der Waals surface area contributed by atoms with Gasteiger partial charge in [0.15, 0.2) is 0 Å². The van der Waals surface area contributed by atoms with E-state index in [0.717, 1.165) is 27.3 Å². The highest BCUT2D eigenvalue weighted by Crippen LogP contribution is 2.31. The zero-order valence-corrected chi connectivity index (χ0v) is 17.3. The van der Waals surface area contributed by atoms with E-state index < -0.39 is 0 Å². The summed E-state index contributed by atoms with van der Waals surface area (Å²) in [5.41, 5.74) is 3.69. The lowest BCUT2D eigenvalue weighted by atomic mass is 10.1. The van der Waals surface area contributed by atoms with Crippen molar-refractivity contribution >= 4 is 39.1 Å². The number of fused-ring (bicyclic) bond motifs is 2. The Hall–Kier alpha value is -3.04. The van der Waals surface area contributed by atoms with Crippen molar-refractivity contribution in [3.63, 3.8) is 0 Å². The standard InChI is InChI=1S/C20H16N6OS2/c1-11-8-12(2)26-19(21-11)24-20(25-26)29-10-15-22-17(27)16-14(9-28-18(16)23-15)13-6-4-3-5-7-13/h3-9H,10H2,1-2H3,(H,22,23,27). The van der Waals surface area contributed by atoms with Gasteiger partial charge >= 0.3 is 0 Å². The Morgan fingerprint density at radius 2 is 1.97 bits per heavy atom. The van der Waals surface area contributed by atoms with Gasteiger partial charge in [-0.1, -0.05) is 42.1 Å². The van der Waals surface area contributed by atoms with E-state index in [1.54, 1.807) is 4.52 Å². The lowest BCUT2D eigenvalue weighted by Gasteiger charge is -2.01. The van der Waals surface area contributed by atoms with Crippen LogP contribution in [0.5, 0.6) is 0 Å². The third-order valence-electron chi connectivity index (χ3n) is 4.51. The molecule has 1 N–H and O–H groups in total. The van der Waals surface area contributed by atoms with Crippen LogP contribution < -0.4 is 5.56 Å². The number of H-pyrrole nitrogens is 1. The average molecular weight is 421 g/mol. The van der Waals surface area contributed by atoms with E-state index in [4.69, 9.17) is 0 Å². The van der Waals surface area contributed by atoms with Crippen LogP contribution in [0.15, 0.2) is 51.7 Å². The number of aryl methyl sites for hydroxylation is 2. The number of thiophene rings is 1. The highest BCUT2D eigenvalue weighted by Gasteiger charge is 2.14. The van der Waals surface area contributed by atoms with Crippen LogP contribution >= 0.6 is 23.1 Å². The highest BCUT2D eigenvalue weighted by atomic mass is 32.2. The van der Waals surface area contributed by atoms with Crippen LogP contribution in [0, 0.1) is 13.8 Å². The van der Waals surface area contributed by atoms with Crippen LogP contribution in [-0.2, 0) is 5.75 Å². The van der Waals surface area contributed by atoms with Gasteiger partial charge in [-0.3, -0.25) is 4.79 Å². The fourth-order valence-corrected chi connectivity index (χ4v) is 4.89. The van der Waals surface area contributed by atoms with Gasteiger partial charge in [-0.15, -0.1) is 16.4 Å². The van der Waals surface area contributed by atoms with Crippen molar-refractivity contribution in [2.24, 2.45) is 0 Å². The van der Waals surface area contributed by atoms with E-state index in [0.29, 0.717) is 27.9 Å². The molecule has 7 nitrogen and oxygen atoms in total. The quantitative estimate of drug-likeness (QED) is 0.442. The fourth-order valence-electron chi connectivity index (χ4n) is 3.23. The molecule has 0 saturated carbocycles. The van der Waals surface area contributed by atoms with Crippen LogP contribution in [-0.4, -0.2) is 29.5 Å². The molecule has 0 atom stereocenters. The number of hydrogen-bond donors (Lipinski definition) is 1. The number of thioether (sulfide) groups is 1. The second-order valence-electron chi connectivity index (χ2n) is 6.64. The summed E-state index contributed by atoms with van der Waals surface area (Å²) in [6.45, 7) is 3.90. The molecule has 0 spiro atoms. The van der Waals surface area contributed by atoms with Gasteiger partial charge < -0.3 is 4.98 Å². The monoisotopic (exact) mass is 420 g/mol. The van der Waals surface area contributed by atoms with Crippen molar-refractivity contribution < 1.29 is 0 Å². The van der Waals surface area contributed by atoms with E-state index in [9.17, 15) is 4.79 Å². The topological polar surface area (TPSA) is 88.8 Å². The molecule has 144 valence electrons. The van der Waals surface area contributed by atoms with Crippen LogP contribution in [0.1, 0.15) is 17.2 Å². The molecular formula is C20H16N6OS2. The summed E-state index contributed by atoms with van der Waals surface area (Å²) in [5.74, 6) is 1.65. The molecule has 0 aliphatic heterocycles. The Morgan fingerprint density at radius 3 is 2.79 bits per heavy atom. The zero-order chi connectivity index (χ0) is 20.0. The molecule has 4 heterocycles. The Kier molecular flexibility index (Phi) is 4.40. The number of nitrogens with one attached hydrogen (secondary N) is 1. The van der Waals surface area contributed by atoms with Crippen molar-refractivity contribution in [1.82, 2.24) is 29.5 Å². The van der Waals surface area contributed by atoms with Crippen molar-refractivity contribution in [2.45, 2.75) is 24.8 Å². The lowest BCUT2D eigenvalue weighted by molar-refractivity contribution is 0.842. The molecule has 0 saturated heterocycles. The first kappa shape index (κ1) is 18.0. The predicted octanol–water partition coefficient (Wildman–Crippen LogP) is 4.00. The summed E-state index contributed by atoms with van der Waals surface area (Å²) in [6, 6.07) is 11.8. The summed E-state index contributed by atoms with van der Waals surface area (Å²) in [5, 5.41) is 7.71. The maximum Gasteiger partial charge on any atom is 0.260 e. The maximum atomic E-state index is 12.7. The number of rotatable bonds is 4. The van der Waals surface area contributed by atoms with Crippen LogP contribution in [0.2, 0.25) is 0 Å². The number of benzene rings is 1. The smallest absolute Gasteiger partial charge is 0.260 e. The zero-order valence-electron chi connectivity index (χ0n) is 15.7. The maximum absolute atomic E-state index is 12.7. The van der Waals surface area contributed by atoms with E-state index in [2.05, 4.69) is 25.0 Å². The Bertz CT molecular complexity index is 1400. The van der Waals surface area contributed by atoms with Crippen molar-refractivity contribution in [2.75, 3.05) is 0 Å². The van der Waals surface area contributed by atoms with E-state index in [1.807, 2.05) is 55.6 Å². The molecule has 0 aliphatic carbocycles. The van der Waals surface area contributed by atoms with E-state index in [-0.39, 0.29) is 5.56 Å². The third kappa shape index (κ3) is 3.32. The molecule has 4 aromatic heterocycles. The van der Waals surface area contributed by atoms with Crippen LogP contribution in [0.4, 0.5) is 0 Å². The molecule has 5 rings (SSSR count). The van der Waals surface area contributed by atoms with E-state index in [1.165, 1.54) is 23.1 Å². The second kappa shape index (κ2) is 7.09. The second-order valence-corrected chi connectivity index (χ2v) is 8.44. The summed E-state index contributed by atoms with van der Waals surface area (Å²) in [4.78, 5) is 29.9. The van der Waals surface area contributed by atoms with E-state index >= 15 is 0 Å². The summed E-state index contributed by atoms with van der Waals surface area (Å²) in [7, 11) is 0. The highest BCUT2D eigenvalue weighted by molar-refractivity contribution is 7.98. The van der Waals surface area contributed by atoms with Gasteiger partial charge in [-0.2, -0.15) is 4.98 Å². The molecule has 0 amide bonds. The first-order valence-corrected chi connectivity index (χ1v) is 10.8. The molecular weight excluding hydrogens is 404 g/mol. The lowest BCUT2D eigenvalue weighted by Crippen LogP contribution is -2.10. The van der Waals surface area contributed by atoms with Crippen LogP contribution in [0.3, 0.4) is 0 Å². The molecule has 0 aliphatic rings. The van der Waals surface area contributed by atoms with Crippen molar-refractivity contribution in [3.8, 4) is 11.1 Å². The largest absolute Gasteiger partial charge is 0.309 e. The Morgan fingerprint density at radius 1 is 1.14 bits per heavy atom. The van der Waals surface area contributed by atoms with Crippen molar-refractivity contribution in [3.05, 3.63) is 69.3 Å². The third-order valence-corrected chi connectivity index (χ3v) is 6.24.